The molecule has 15 heavy (non-hydrogen) atoms. The van der Waals surface area contributed by atoms with Gasteiger partial charge in [0.2, 0.25) is 5.78 Å². The summed E-state index contributed by atoms with van der Waals surface area (Å²) in [6.45, 7) is 2.09. The Balaban J connectivity index is 2.27. The summed E-state index contributed by atoms with van der Waals surface area (Å²) < 4.78 is 0. The van der Waals surface area contributed by atoms with Crippen LogP contribution in [0.2, 0.25) is 0 Å². The molecule has 0 radical (unpaired) electrons. The van der Waals surface area contributed by atoms with Crippen molar-refractivity contribution in [3.63, 3.8) is 0 Å². The van der Waals surface area contributed by atoms with Crippen molar-refractivity contribution < 1.29 is 4.79 Å². The average Bonchev–Trinajstić information content (AvgIpc) is 2.82. The Morgan fingerprint density at radius 3 is 2.60 bits per heavy atom. The molecule has 0 aliphatic carbocycles. The molecule has 0 fully saturated rings. The van der Waals surface area contributed by atoms with E-state index in [1.165, 1.54) is 5.56 Å². The fourth-order valence-electron chi connectivity index (χ4n) is 1.42. The van der Waals surface area contributed by atoms with E-state index in [9.17, 15) is 4.79 Å². The van der Waals surface area contributed by atoms with Crippen LogP contribution < -0.4 is 0 Å². The fourth-order valence-corrected chi connectivity index (χ4v) is 1.42. The molecule has 3 nitrogen and oxygen atoms in total. The SMILES string of the molecule is CCc1ccc(C(=O)c2ncc[nH]2)cc1. The monoisotopic (exact) mass is 200 g/mol. The van der Waals surface area contributed by atoms with Crippen LogP contribution in [0.25, 0.3) is 0 Å². The number of nitrogens with zero attached hydrogens (tertiary/aromatic N) is 1. The lowest BCUT2D eigenvalue weighted by Crippen LogP contribution is -2.03. The van der Waals surface area contributed by atoms with E-state index in [1.54, 1.807) is 12.4 Å². The molecule has 0 bridgehead atoms. The number of aromatic amines is 1. The van der Waals surface area contributed by atoms with E-state index in [4.69, 9.17) is 0 Å². The molecule has 1 aromatic carbocycles. The highest BCUT2D eigenvalue weighted by molar-refractivity contribution is 6.06. The lowest BCUT2D eigenvalue weighted by atomic mass is 10.1. The zero-order valence-electron chi connectivity index (χ0n) is 8.53. The highest BCUT2D eigenvalue weighted by Gasteiger charge is 2.10. The van der Waals surface area contributed by atoms with Gasteiger partial charge in [-0.2, -0.15) is 0 Å². The van der Waals surface area contributed by atoms with Crippen LogP contribution in [0.5, 0.6) is 0 Å². The van der Waals surface area contributed by atoms with Gasteiger partial charge in [0.1, 0.15) is 0 Å². The first-order valence-electron chi connectivity index (χ1n) is 4.94. The molecule has 0 aliphatic rings. The van der Waals surface area contributed by atoms with Crippen LogP contribution in [0, 0.1) is 0 Å². The highest BCUT2D eigenvalue weighted by atomic mass is 16.1. The predicted molar refractivity (Wildman–Crippen MR) is 57.8 cm³/mol. The largest absolute Gasteiger partial charge is 0.342 e. The van der Waals surface area contributed by atoms with Crippen molar-refractivity contribution in [2.75, 3.05) is 0 Å². The van der Waals surface area contributed by atoms with Gasteiger partial charge in [0.15, 0.2) is 5.82 Å². The van der Waals surface area contributed by atoms with Crippen molar-refractivity contribution in [3.05, 3.63) is 53.6 Å². The van der Waals surface area contributed by atoms with E-state index in [0.29, 0.717) is 11.4 Å². The summed E-state index contributed by atoms with van der Waals surface area (Å²) in [5, 5.41) is 0. The summed E-state index contributed by atoms with van der Waals surface area (Å²) in [6.07, 6.45) is 4.20. The maximum atomic E-state index is 11.8. The molecule has 0 aliphatic heterocycles. The molecule has 2 aromatic rings. The second-order valence-electron chi connectivity index (χ2n) is 3.32. The molecule has 1 N–H and O–H groups in total. The van der Waals surface area contributed by atoms with E-state index in [-0.39, 0.29) is 5.78 Å². The molecule has 0 saturated carbocycles. The van der Waals surface area contributed by atoms with Gasteiger partial charge in [0.05, 0.1) is 0 Å². The number of imidazole rings is 1. The second kappa shape index (κ2) is 4.09. The van der Waals surface area contributed by atoms with Crippen LogP contribution in [0.3, 0.4) is 0 Å². The third-order valence-corrected chi connectivity index (χ3v) is 2.34. The number of ketones is 1. The van der Waals surface area contributed by atoms with Gasteiger partial charge in [0, 0.05) is 18.0 Å². The first-order chi connectivity index (χ1) is 7.31. The Bertz CT molecular complexity index is 443. The Morgan fingerprint density at radius 1 is 1.33 bits per heavy atom. The van der Waals surface area contributed by atoms with Crippen LogP contribution in [0.1, 0.15) is 28.7 Å². The molecular weight excluding hydrogens is 188 g/mol. The minimum atomic E-state index is -0.0670. The number of carbonyl (C=O) groups excluding carboxylic acids is 1. The zero-order valence-corrected chi connectivity index (χ0v) is 8.53. The maximum Gasteiger partial charge on any atom is 0.228 e. The summed E-state index contributed by atoms with van der Waals surface area (Å²) in [6, 6.07) is 7.61. The van der Waals surface area contributed by atoms with Crippen molar-refractivity contribution in [2.24, 2.45) is 0 Å². The number of H-pyrrole nitrogens is 1. The summed E-state index contributed by atoms with van der Waals surface area (Å²) >= 11 is 0. The number of rotatable bonds is 3. The Labute approximate surface area is 88.2 Å². The number of carbonyl (C=O) groups is 1. The van der Waals surface area contributed by atoms with E-state index in [2.05, 4.69) is 16.9 Å². The first-order valence-corrected chi connectivity index (χ1v) is 4.94. The van der Waals surface area contributed by atoms with E-state index in [1.807, 2.05) is 24.3 Å². The van der Waals surface area contributed by atoms with Crippen molar-refractivity contribution in [2.45, 2.75) is 13.3 Å². The Kier molecular flexibility index (Phi) is 2.63. The summed E-state index contributed by atoms with van der Waals surface area (Å²) in [5.74, 6) is 0.321. The van der Waals surface area contributed by atoms with E-state index >= 15 is 0 Å². The van der Waals surface area contributed by atoms with Gasteiger partial charge in [0.25, 0.3) is 0 Å². The van der Waals surface area contributed by atoms with Crippen molar-refractivity contribution in [3.8, 4) is 0 Å². The summed E-state index contributed by atoms with van der Waals surface area (Å²) in [5.41, 5.74) is 1.90. The van der Waals surface area contributed by atoms with Gasteiger partial charge in [-0.15, -0.1) is 0 Å². The van der Waals surface area contributed by atoms with Crippen LogP contribution in [-0.4, -0.2) is 15.8 Å². The van der Waals surface area contributed by atoms with E-state index < -0.39 is 0 Å². The highest BCUT2D eigenvalue weighted by Crippen LogP contribution is 2.08. The molecule has 3 heteroatoms. The van der Waals surface area contributed by atoms with Gasteiger partial charge in [-0.05, 0) is 12.0 Å². The fraction of sp³-hybridized carbons (Fsp3) is 0.167. The molecule has 76 valence electrons. The zero-order chi connectivity index (χ0) is 10.7. The molecule has 0 saturated heterocycles. The number of benzene rings is 1. The lowest BCUT2D eigenvalue weighted by molar-refractivity contribution is 0.103. The molecule has 0 unspecified atom stereocenters. The van der Waals surface area contributed by atoms with Crippen LogP contribution >= 0.6 is 0 Å². The summed E-state index contributed by atoms with van der Waals surface area (Å²) in [7, 11) is 0. The van der Waals surface area contributed by atoms with Crippen LogP contribution in [-0.2, 0) is 6.42 Å². The van der Waals surface area contributed by atoms with Crippen LogP contribution in [0.4, 0.5) is 0 Å². The van der Waals surface area contributed by atoms with Gasteiger partial charge in [-0.25, -0.2) is 4.98 Å². The van der Waals surface area contributed by atoms with E-state index in [0.717, 1.165) is 6.42 Å². The predicted octanol–water partition coefficient (Wildman–Crippen LogP) is 2.20. The Hall–Kier alpha value is -1.90. The molecule has 0 amide bonds. The van der Waals surface area contributed by atoms with Gasteiger partial charge >= 0.3 is 0 Å². The number of aromatic nitrogens is 2. The molecule has 1 aromatic heterocycles. The van der Waals surface area contributed by atoms with Gasteiger partial charge in [-0.3, -0.25) is 4.79 Å². The summed E-state index contributed by atoms with van der Waals surface area (Å²) in [4.78, 5) is 18.5. The minimum absolute atomic E-state index is 0.0670. The smallest absolute Gasteiger partial charge is 0.228 e. The topological polar surface area (TPSA) is 45.8 Å². The number of hydrogen-bond acceptors (Lipinski definition) is 2. The number of aryl methyl sites for hydroxylation is 1. The maximum absolute atomic E-state index is 11.8. The standard InChI is InChI=1S/C12H12N2O/c1-2-9-3-5-10(6-4-9)11(15)12-13-7-8-14-12/h3-8H,2H2,1H3,(H,13,14). The molecule has 1 heterocycles. The molecule has 0 spiro atoms. The van der Waals surface area contributed by atoms with Crippen molar-refractivity contribution in [1.82, 2.24) is 9.97 Å². The number of nitrogens with one attached hydrogen (secondary N) is 1. The average molecular weight is 200 g/mol. The van der Waals surface area contributed by atoms with Crippen molar-refractivity contribution >= 4 is 5.78 Å². The third-order valence-electron chi connectivity index (χ3n) is 2.34. The van der Waals surface area contributed by atoms with Crippen LogP contribution in [0.15, 0.2) is 36.7 Å². The minimum Gasteiger partial charge on any atom is -0.342 e. The van der Waals surface area contributed by atoms with Gasteiger partial charge < -0.3 is 4.98 Å². The number of hydrogen-bond donors (Lipinski definition) is 1. The molecule has 0 atom stereocenters. The normalized spacial score (nSPS) is 10.2. The van der Waals surface area contributed by atoms with Gasteiger partial charge in [-0.1, -0.05) is 31.2 Å². The molecular formula is C12H12N2O. The Morgan fingerprint density at radius 2 is 2.07 bits per heavy atom. The molecule has 2 rings (SSSR count). The first kappa shape index (κ1) is 9.65. The quantitative estimate of drug-likeness (QED) is 0.772. The second-order valence-corrected chi connectivity index (χ2v) is 3.32. The van der Waals surface area contributed by atoms with Crippen molar-refractivity contribution in [1.29, 1.82) is 0 Å². The third kappa shape index (κ3) is 1.96. The lowest BCUT2D eigenvalue weighted by Gasteiger charge is -1.99.